The molecule has 1 rings (SSSR count). The Morgan fingerprint density at radius 2 is 2.14 bits per heavy atom. The largest absolute Gasteiger partial charge is 0.394 e. The topological polar surface area (TPSA) is 61.4 Å². The highest BCUT2D eigenvalue weighted by molar-refractivity contribution is 5.78. The van der Waals surface area contributed by atoms with Crippen LogP contribution in [-0.4, -0.2) is 36.2 Å². The Balaban J connectivity index is 2.08. The highest BCUT2D eigenvalue weighted by atomic mass is 16.3. The van der Waals surface area contributed by atoms with E-state index in [1.54, 1.807) is 6.92 Å². The van der Waals surface area contributed by atoms with Crippen molar-refractivity contribution in [2.75, 3.05) is 13.2 Å². The fourth-order valence-electron chi connectivity index (χ4n) is 1.74. The van der Waals surface area contributed by atoms with Gasteiger partial charge in [-0.3, -0.25) is 4.79 Å². The van der Waals surface area contributed by atoms with Gasteiger partial charge < -0.3 is 15.7 Å². The van der Waals surface area contributed by atoms with Crippen LogP contribution < -0.4 is 10.6 Å². The summed E-state index contributed by atoms with van der Waals surface area (Å²) in [5.41, 5.74) is 0. The van der Waals surface area contributed by atoms with Crippen molar-refractivity contribution in [3.63, 3.8) is 0 Å². The summed E-state index contributed by atoms with van der Waals surface area (Å²) in [4.78, 5) is 11.3. The Morgan fingerprint density at radius 3 is 2.71 bits per heavy atom. The van der Waals surface area contributed by atoms with Gasteiger partial charge in [0.15, 0.2) is 0 Å². The maximum Gasteiger partial charge on any atom is 0.234 e. The van der Waals surface area contributed by atoms with Crippen molar-refractivity contribution in [1.82, 2.24) is 10.6 Å². The van der Waals surface area contributed by atoms with Gasteiger partial charge in [-0.1, -0.05) is 12.8 Å². The summed E-state index contributed by atoms with van der Waals surface area (Å²) in [7, 11) is 0. The molecule has 0 unspecified atom stereocenters. The van der Waals surface area contributed by atoms with Gasteiger partial charge in [0, 0.05) is 12.1 Å². The van der Waals surface area contributed by atoms with E-state index < -0.39 is 0 Å². The summed E-state index contributed by atoms with van der Waals surface area (Å²) < 4.78 is 0. The van der Waals surface area contributed by atoms with Gasteiger partial charge in [0.2, 0.25) is 5.91 Å². The number of rotatable bonds is 5. The quantitative estimate of drug-likeness (QED) is 0.586. The fourth-order valence-corrected chi connectivity index (χ4v) is 1.74. The molecular weight excluding hydrogens is 180 g/mol. The summed E-state index contributed by atoms with van der Waals surface area (Å²) >= 11 is 0. The molecule has 14 heavy (non-hydrogen) atoms. The molecule has 1 saturated carbocycles. The predicted octanol–water partition coefficient (Wildman–Crippen LogP) is 0.0156. The highest BCUT2D eigenvalue weighted by Gasteiger charge is 2.15. The standard InChI is InChI=1S/C10H20N2O2/c1-8(7-13)12-10(14)6-11-9-4-2-3-5-9/h8-9,11,13H,2-7H2,1H3,(H,12,14)/t8-/m0/s1. The van der Waals surface area contributed by atoms with Gasteiger partial charge in [0.1, 0.15) is 0 Å². The van der Waals surface area contributed by atoms with Crippen LogP contribution in [0.4, 0.5) is 0 Å². The minimum atomic E-state index is -0.145. The summed E-state index contributed by atoms with van der Waals surface area (Å²) in [6.45, 7) is 2.15. The molecule has 0 aromatic heterocycles. The molecule has 0 aromatic rings. The Hall–Kier alpha value is -0.610. The second-order valence-electron chi connectivity index (χ2n) is 4.01. The molecule has 4 heteroatoms. The van der Waals surface area contributed by atoms with Crippen LogP contribution in [0.15, 0.2) is 0 Å². The molecule has 0 heterocycles. The van der Waals surface area contributed by atoms with Crippen LogP contribution in [-0.2, 0) is 4.79 Å². The third kappa shape index (κ3) is 4.07. The van der Waals surface area contributed by atoms with Crippen LogP contribution >= 0.6 is 0 Å². The molecule has 0 aromatic carbocycles. The van der Waals surface area contributed by atoms with Gasteiger partial charge >= 0.3 is 0 Å². The summed E-state index contributed by atoms with van der Waals surface area (Å²) in [5.74, 6) is -0.0292. The SMILES string of the molecule is C[C@@H](CO)NC(=O)CNC1CCCC1. The molecule has 1 fully saturated rings. The van der Waals surface area contributed by atoms with E-state index in [0.29, 0.717) is 12.6 Å². The second-order valence-corrected chi connectivity index (χ2v) is 4.01. The van der Waals surface area contributed by atoms with E-state index in [0.717, 1.165) is 0 Å². The van der Waals surface area contributed by atoms with Crippen LogP contribution in [0.2, 0.25) is 0 Å². The van der Waals surface area contributed by atoms with E-state index in [2.05, 4.69) is 10.6 Å². The van der Waals surface area contributed by atoms with Crippen LogP contribution in [0.5, 0.6) is 0 Å². The molecule has 1 amide bonds. The Bertz CT molecular complexity index is 179. The number of hydrogen-bond acceptors (Lipinski definition) is 3. The van der Waals surface area contributed by atoms with Crippen molar-refractivity contribution < 1.29 is 9.90 Å². The average Bonchev–Trinajstić information content (AvgIpc) is 2.67. The fraction of sp³-hybridized carbons (Fsp3) is 0.900. The molecule has 0 aliphatic heterocycles. The second kappa shape index (κ2) is 5.98. The van der Waals surface area contributed by atoms with Crippen molar-refractivity contribution in [3.8, 4) is 0 Å². The molecule has 3 N–H and O–H groups in total. The van der Waals surface area contributed by atoms with E-state index >= 15 is 0 Å². The third-order valence-electron chi connectivity index (χ3n) is 2.59. The van der Waals surface area contributed by atoms with Crippen molar-refractivity contribution in [3.05, 3.63) is 0 Å². The number of amides is 1. The maximum absolute atomic E-state index is 11.3. The number of nitrogens with one attached hydrogen (secondary N) is 2. The van der Waals surface area contributed by atoms with Crippen LogP contribution in [0, 0.1) is 0 Å². The lowest BCUT2D eigenvalue weighted by atomic mass is 10.2. The molecule has 1 aliphatic carbocycles. The summed E-state index contributed by atoms with van der Waals surface area (Å²) in [6.07, 6.45) is 4.91. The number of aliphatic hydroxyl groups is 1. The van der Waals surface area contributed by atoms with Gasteiger partial charge in [0.25, 0.3) is 0 Å². The van der Waals surface area contributed by atoms with Gasteiger partial charge in [-0.2, -0.15) is 0 Å². The summed E-state index contributed by atoms with van der Waals surface area (Å²) in [6, 6.07) is 0.373. The van der Waals surface area contributed by atoms with Crippen molar-refractivity contribution in [2.45, 2.75) is 44.7 Å². The smallest absolute Gasteiger partial charge is 0.234 e. The van der Waals surface area contributed by atoms with Crippen LogP contribution in [0.25, 0.3) is 0 Å². The first kappa shape index (κ1) is 11.5. The van der Waals surface area contributed by atoms with Gasteiger partial charge in [-0.05, 0) is 19.8 Å². The number of hydrogen-bond donors (Lipinski definition) is 3. The molecular formula is C10H20N2O2. The highest BCUT2D eigenvalue weighted by Crippen LogP contribution is 2.17. The molecule has 0 saturated heterocycles. The lowest BCUT2D eigenvalue weighted by molar-refractivity contribution is -0.121. The number of aliphatic hydroxyl groups excluding tert-OH is 1. The van der Waals surface area contributed by atoms with Crippen molar-refractivity contribution in [1.29, 1.82) is 0 Å². The van der Waals surface area contributed by atoms with Crippen molar-refractivity contribution in [2.24, 2.45) is 0 Å². The first-order valence-corrected chi connectivity index (χ1v) is 5.36. The lowest BCUT2D eigenvalue weighted by Gasteiger charge is -2.14. The molecule has 4 nitrogen and oxygen atoms in total. The zero-order chi connectivity index (χ0) is 10.4. The average molecular weight is 200 g/mol. The minimum Gasteiger partial charge on any atom is -0.394 e. The van der Waals surface area contributed by atoms with Crippen LogP contribution in [0.3, 0.4) is 0 Å². The number of carbonyl (C=O) groups excluding carboxylic acids is 1. The molecule has 0 radical (unpaired) electrons. The summed E-state index contributed by atoms with van der Waals surface area (Å²) in [5, 5.41) is 14.6. The van der Waals surface area contributed by atoms with Gasteiger partial charge in [-0.15, -0.1) is 0 Å². The van der Waals surface area contributed by atoms with E-state index in [-0.39, 0.29) is 18.6 Å². The molecule has 1 aliphatic rings. The van der Waals surface area contributed by atoms with E-state index in [1.165, 1.54) is 25.7 Å². The minimum absolute atomic E-state index is 0.00479. The Morgan fingerprint density at radius 1 is 1.50 bits per heavy atom. The number of carbonyl (C=O) groups is 1. The monoisotopic (exact) mass is 200 g/mol. The van der Waals surface area contributed by atoms with Crippen molar-refractivity contribution >= 4 is 5.91 Å². The Kier molecular flexibility index (Phi) is 4.90. The van der Waals surface area contributed by atoms with Gasteiger partial charge in [-0.25, -0.2) is 0 Å². The first-order chi connectivity index (χ1) is 6.72. The van der Waals surface area contributed by atoms with E-state index in [1.807, 2.05) is 0 Å². The molecule has 0 bridgehead atoms. The maximum atomic E-state index is 11.3. The van der Waals surface area contributed by atoms with E-state index in [9.17, 15) is 4.79 Å². The Labute approximate surface area is 85.1 Å². The zero-order valence-electron chi connectivity index (χ0n) is 8.75. The molecule has 82 valence electrons. The van der Waals surface area contributed by atoms with E-state index in [4.69, 9.17) is 5.11 Å². The third-order valence-corrected chi connectivity index (χ3v) is 2.59. The van der Waals surface area contributed by atoms with Crippen LogP contribution in [0.1, 0.15) is 32.6 Å². The molecule has 0 spiro atoms. The van der Waals surface area contributed by atoms with Gasteiger partial charge in [0.05, 0.1) is 13.2 Å². The predicted molar refractivity (Wildman–Crippen MR) is 54.9 cm³/mol. The zero-order valence-corrected chi connectivity index (χ0v) is 8.75. The lowest BCUT2D eigenvalue weighted by Crippen LogP contribution is -2.42. The normalized spacial score (nSPS) is 19.6. The molecule has 1 atom stereocenters. The first-order valence-electron chi connectivity index (χ1n) is 5.36.